The topological polar surface area (TPSA) is 49.4 Å². The molecule has 0 saturated heterocycles. The van der Waals surface area contributed by atoms with Crippen LogP contribution in [0.3, 0.4) is 0 Å². The molecular weight excluding hydrogens is 396 g/mol. The van der Waals surface area contributed by atoms with E-state index in [-0.39, 0.29) is 24.3 Å². The first-order valence-electron chi connectivity index (χ1n) is 10.9. The van der Waals surface area contributed by atoms with E-state index >= 15 is 0 Å². The molecule has 3 rings (SSSR count). The van der Waals surface area contributed by atoms with Gasteiger partial charge < -0.3 is 10.2 Å². The van der Waals surface area contributed by atoms with Gasteiger partial charge in [0.05, 0.1) is 6.42 Å². The normalized spacial score (nSPS) is 15.0. The van der Waals surface area contributed by atoms with Crippen LogP contribution >= 0.6 is 11.6 Å². The Bertz CT molecular complexity index is 860. The van der Waals surface area contributed by atoms with Crippen LogP contribution < -0.4 is 5.32 Å². The Morgan fingerprint density at radius 2 is 1.80 bits per heavy atom. The van der Waals surface area contributed by atoms with Crippen molar-refractivity contribution >= 4 is 23.4 Å². The summed E-state index contributed by atoms with van der Waals surface area (Å²) in [7, 11) is 0. The molecule has 2 aromatic rings. The monoisotopic (exact) mass is 426 g/mol. The van der Waals surface area contributed by atoms with Crippen molar-refractivity contribution in [2.24, 2.45) is 0 Å². The lowest BCUT2D eigenvalue weighted by Crippen LogP contribution is -2.51. The fourth-order valence-electron chi connectivity index (χ4n) is 4.10. The molecule has 1 aliphatic carbocycles. The van der Waals surface area contributed by atoms with Gasteiger partial charge in [-0.25, -0.2) is 0 Å². The Labute approximate surface area is 184 Å². The molecule has 2 amide bonds. The summed E-state index contributed by atoms with van der Waals surface area (Å²) in [6.45, 7) is 4.42. The molecule has 1 N–H and O–H groups in total. The number of amides is 2. The molecule has 1 fully saturated rings. The minimum Gasteiger partial charge on any atom is -0.352 e. The molecule has 1 aliphatic rings. The van der Waals surface area contributed by atoms with Crippen molar-refractivity contribution in [3.8, 4) is 0 Å². The molecule has 5 heteroatoms. The summed E-state index contributed by atoms with van der Waals surface area (Å²) in [6.07, 6.45) is 5.16. The standard InChI is InChI=1S/C25H31ClN2O2/c1-3-23(25(30)27-22-9-4-5-10-22)28(17-19-13-11-18(2)12-14-19)24(29)16-20-7-6-8-21(26)15-20/h6-8,11-15,22-23H,3-5,9-10,16-17H2,1-2H3,(H,27,30). The van der Waals surface area contributed by atoms with Crippen molar-refractivity contribution in [3.05, 3.63) is 70.2 Å². The van der Waals surface area contributed by atoms with Crippen LogP contribution in [0.25, 0.3) is 0 Å². The van der Waals surface area contributed by atoms with E-state index in [1.807, 2.05) is 56.3 Å². The molecule has 30 heavy (non-hydrogen) atoms. The lowest BCUT2D eigenvalue weighted by atomic mass is 10.1. The molecular formula is C25H31ClN2O2. The van der Waals surface area contributed by atoms with E-state index in [2.05, 4.69) is 5.32 Å². The highest BCUT2D eigenvalue weighted by molar-refractivity contribution is 6.30. The van der Waals surface area contributed by atoms with Gasteiger partial charge in [-0.15, -0.1) is 0 Å². The molecule has 0 heterocycles. The number of halogens is 1. The first-order chi connectivity index (χ1) is 14.5. The van der Waals surface area contributed by atoms with Crippen molar-refractivity contribution < 1.29 is 9.59 Å². The number of aryl methyl sites for hydroxylation is 1. The molecule has 0 spiro atoms. The summed E-state index contributed by atoms with van der Waals surface area (Å²) in [4.78, 5) is 28.2. The fourth-order valence-corrected chi connectivity index (χ4v) is 4.31. The summed E-state index contributed by atoms with van der Waals surface area (Å²) in [6, 6.07) is 15.2. The number of nitrogens with zero attached hydrogens (tertiary/aromatic N) is 1. The van der Waals surface area contributed by atoms with Gasteiger partial charge in [0.2, 0.25) is 11.8 Å². The zero-order chi connectivity index (χ0) is 21.5. The average Bonchev–Trinajstić information content (AvgIpc) is 3.22. The molecule has 1 saturated carbocycles. The highest BCUT2D eigenvalue weighted by atomic mass is 35.5. The van der Waals surface area contributed by atoms with Crippen LogP contribution in [-0.2, 0) is 22.6 Å². The highest BCUT2D eigenvalue weighted by Gasteiger charge is 2.30. The predicted molar refractivity (Wildman–Crippen MR) is 121 cm³/mol. The number of benzene rings is 2. The summed E-state index contributed by atoms with van der Waals surface area (Å²) in [5.74, 6) is -0.109. The van der Waals surface area contributed by atoms with Crippen LogP contribution in [0.1, 0.15) is 55.7 Å². The Morgan fingerprint density at radius 3 is 2.43 bits per heavy atom. The van der Waals surface area contributed by atoms with Crippen molar-refractivity contribution in [1.29, 1.82) is 0 Å². The largest absolute Gasteiger partial charge is 0.352 e. The second-order valence-electron chi connectivity index (χ2n) is 8.23. The van der Waals surface area contributed by atoms with Gasteiger partial charge in [0.25, 0.3) is 0 Å². The quantitative estimate of drug-likeness (QED) is 0.641. The summed E-state index contributed by atoms with van der Waals surface area (Å²) in [5, 5.41) is 3.79. The molecule has 0 aromatic heterocycles. The molecule has 4 nitrogen and oxygen atoms in total. The van der Waals surface area contributed by atoms with Crippen LogP contribution in [0.2, 0.25) is 5.02 Å². The number of rotatable bonds is 8. The van der Waals surface area contributed by atoms with E-state index in [0.29, 0.717) is 18.0 Å². The Kier molecular flexibility index (Phi) is 7.92. The van der Waals surface area contributed by atoms with Gasteiger partial charge >= 0.3 is 0 Å². The first kappa shape index (κ1) is 22.4. The Morgan fingerprint density at radius 1 is 1.10 bits per heavy atom. The molecule has 2 aromatic carbocycles. The van der Waals surface area contributed by atoms with E-state index in [1.165, 1.54) is 5.56 Å². The minimum atomic E-state index is -0.487. The molecule has 160 valence electrons. The van der Waals surface area contributed by atoms with E-state index < -0.39 is 6.04 Å². The third kappa shape index (κ3) is 6.09. The summed E-state index contributed by atoms with van der Waals surface area (Å²) < 4.78 is 0. The van der Waals surface area contributed by atoms with E-state index in [0.717, 1.165) is 36.8 Å². The zero-order valence-electron chi connectivity index (χ0n) is 17.9. The van der Waals surface area contributed by atoms with Crippen LogP contribution in [0.5, 0.6) is 0 Å². The predicted octanol–water partition coefficient (Wildman–Crippen LogP) is 5.06. The van der Waals surface area contributed by atoms with Gasteiger partial charge in [-0.1, -0.05) is 73.3 Å². The number of carbonyl (C=O) groups excluding carboxylic acids is 2. The average molecular weight is 427 g/mol. The lowest BCUT2D eigenvalue weighted by molar-refractivity contribution is -0.141. The highest BCUT2D eigenvalue weighted by Crippen LogP contribution is 2.20. The maximum Gasteiger partial charge on any atom is 0.243 e. The van der Waals surface area contributed by atoms with Crippen molar-refractivity contribution in [1.82, 2.24) is 10.2 Å². The number of carbonyl (C=O) groups is 2. The van der Waals surface area contributed by atoms with Gasteiger partial charge in [0.1, 0.15) is 6.04 Å². The second kappa shape index (κ2) is 10.6. The maximum absolute atomic E-state index is 13.3. The van der Waals surface area contributed by atoms with Crippen LogP contribution in [0.4, 0.5) is 0 Å². The molecule has 0 radical (unpaired) electrons. The van der Waals surface area contributed by atoms with Gasteiger partial charge in [-0.3, -0.25) is 9.59 Å². The minimum absolute atomic E-state index is 0.0454. The van der Waals surface area contributed by atoms with E-state index in [1.54, 1.807) is 11.0 Å². The lowest BCUT2D eigenvalue weighted by Gasteiger charge is -2.31. The third-order valence-electron chi connectivity index (χ3n) is 5.81. The van der Waals surface area contributed by atoms with Crippen LogP contribution in [0, 0.1) is 6.92 Å². The van der Waals surface area contributed by atoms with E-state index in [9.17, 15) is 9.59 Å². The smallest absolute Gasteiger partial charge is 0.243 e. The number of hydrogen-bond acceptors (Lipinski definition) is 2. The molecule has 1 atom stereocenters. The molecule has 0 bridgehead atoms. The van der Waals surface area contributed by atoms with Gasteiger partial charge in [0, 0.05) is 17.6 Å². The number of nitrogens with one attached hydrogen (secondary N) is 1. The SMILES string of the molecule is CCC(C(=O)NC1CCCC1)N(Cc1ccc(C)cc1)C(=O)Cc1cccc(Cl)c1. The van der Waals surface area contributed by atoms with Crippen LogP contribution in [-0.4, -0.2) is 28.8 Å². The zero-order valence-corrected chi connectivity index (χ0v) is 18.6. The summed E-state index contributed by atoms with van der Waals surface area (Å²) in [5.41, 5.74) is 3.04. The molecule has 0 aliphatic heterocycles. The molecule has 1 unspecified atom stereocenters. The Hall–Kier alpha value is -2.33. The third-order valence-corrected chi connectivity index (χ3v) is 6.04. The number of hydrogen-bond donors (Lipinski definition) is 1. The second-order valence-corrected chi connectivity index (χ2v) is 8.66. The van der Waals surface area contributed by atoms with Crippen molar-refractivity contribution in [3.63, 3.8) is 0 Å². The van der Waals surface area contributed by atoms with Crippen LogP contribution in [0.15, 0.2) is 48.5 Å². The van der Waals surface area contributed by atoms with Crippen molar-refractivity contribution in [2.45, 2.75) is 71.0 Å². The Balaban J connectivity index is 1.81. The maximum atomic E-state index is 13.3. The summed E-state index contributed by atoms with van der Waals surface area (Å²) >= 11 is 6.10. The van der Waals surface area contributed by atoms with Gasteiger partial charge in [-0.2, -0.15) is 0 Å². The van der Waals surface area contributed by atoms with E-state index in [4.69, 9.17) is 11.6 Å². The van der Waals surface area contributed by atoms with Crippen molar-refractivity contribution in [2.75, 3.05) is 0 Å². The van der Waals surface area contributed by atoms with Gasteiger partial charge in [-0.05, 0) is 49.4 Å². The van der Waals surface area contributed by atoms with Gasteiger partial charge in [0.15, 0.2) is 0 Å². The first-order valence-corrected chi connectivity index (χ1v) is 11.2. The fraction of sp³-hybridized carbons (Fsp3) is 0.440.